The number of benzene rings is 2. The lowest BCUT2D eigenvalue weighted by molar-refractivity contribution is -0.145. The highest BCUT2D eigenvalue weighted by Crippen LogP contribution is 2.54. The van der Waals surface area contributed by atoms with E-state index in [1.165, 1.54) is 0 Å². The standard InChI is InChI=1S/C30H46N2O5Si/c1-27(2,3)30(28(4,5)6,24(32-26(35)36)20-21-31-25(33)34)37-38(29(7,8)9,22-16-12-10-13-17-22)23-18-14-11-15-19-23/h10-19,24,31-32H,20-21H2,1-9H3,(H,33,34)(H,35,36)/t24-/m0/s1. The molecule has 2 aromatic carbocycles. The zero-order valence-electron chi connectivity index (χ0n) is 24.4. The largest absolute Gasteiger partial charge is 0.465 e. The summed E-state index contributed by atoms with van der Waals surface area (Å²) in [6.45, 7) is 19.2. The maximum absolute atomic E-state index is 12.2. The Morgan fingerprint density at radius 1 is 0.763 bits per heavy atom. The Hall–Kier alpha value is -2.84. The van der Waals surface area contributed by atoms with Gasteiger partial charge in [-0.15, -0.1) is 0 Å². The average molecular weight is 543 g/mol. The highest BCUT2D eigenvalue weighted by molar-refractivity contribution is 6.99. The van der Waals surface area contributed by atoms with Crippen LogP contribution in [0.25, 0.3) is 0 Å². The SMILES string of the molecule is CC(C)(C)C(O[Si](c1ccccc1)(c1ccccc1)C(C)(C)C)([C@H](CCNC(=O)O)NC(=O)O)C(C)(C)C. The van der Waals surface area contributed by atoms with Gasteiger partial charge < -0.3 is 25.3 Å². The smallest absolute Gasteiger partial charge is 0.404 e. The minimum Gasteiger partial charge on any atom is -0.465 e. The van der Waals surface area contributed by atoms with E-state index in [1.54, 1.807) is 0 Å². The minimum atomic E-state index is -3.15. The van der Waals surface area contributed by atoms with Gasteiger partial charge in [0.1, 0.15) is 0 Å². The molecule has 0 unspecified atom stereocenters. The summed E-state index contributed by atoms with van der Waals surface area (Å²) in [7, 11) is -3.15. The Balaban J connectivity index is 3.02. The third-order valence-electron chi connectivity index (χ3n) is 7.46. The van der Waals surface area contributed by atoms with Crippen LogP contribution in [0.2, 0.25) is 5.04 Å². The maximum atomic E-state index is 12.2. The van der Waals surface area contributed by atoms with Crippen molar-refractivity contribution in [3.63, 3.8) is 0 Å². The van der Waals surface area contributed by atoms with Gasteiger partial charge in [-0.1, -0.05) is 123 Å². The van der Waals surface area contributed by atoms with Crippen LogP contribution in [-0.4, -0.2) is 48.9 Å². The van der Waals surface area contributed by atoms with Gasteiger partial charge in [-0.05, 0) is 32.7 Å². The molecule has 7 nitrogen and oxygen atoms in total. The summed E-state index contributed by atoms with van der Waals surface area (Å²) < 4.78 is 7.85. The van der Waals surface area contributed by atoms with E-state index in [1.807, 2.05) is 36.4 Å². The van der Waals surface area contributed by atoms with Crippen LogP contribution in [0.3, 0.4) is 0 Å². The number of carboxylic acid groups (broad SMARTS) is 2. The first kappa shape index (κ1) is 31.4. The lowest BCUT2D eigenvalue weighted by Gasteiger charge is -2.62. The van der Waals surface area contributed by atoms with Gasteiger partial charge in [0.2, 0.25) is 0 Å². The average Bonchev–Trinajstić information content (AvgIpc) is 2.77. The molecule has 0 heterocycles. The molecule has 0 bridgehead atoms. The monoisotopic (exact) mass is 542 g/mol. The molecule has 0 fully saturated rings. The predicted octanol–water partition coefficient (Wildman–Crippen LogP) is 5.69. The van der Waals surface area contributed by atoms with E-state index in [2.05, 4.69) is 97.2 Å². The molecule has 0 saturated carbocycles. The quantitative estimate of drug-likeness (QED) is 0.305. The summed E-state index contributed by atoms with van der Waals surface area (Å²) in [6, 6.07) is 19.8. The predicted molar refractivity (Wildman–Crippen MR) is 156 cm³/mol. The van der Waals surface area contributed by atoms with Gasteiger partial charge in [0, 0.05) is 6.54 Å². The molecule has 4 N–H and O–H groups in total. The Labute approximate surface area is 229 Å². The number of nitrogens with one attached hydrogen (secondary N) is 2. The molecule has 0 aliphatic rings. The van der Waals surface area contributed by atoms with Crippen molar-refractivity contribution in [1.82, 2.24) is 10.6 Å². The van der Waals surface area contributed by atoms with Crippen molar-refractivity contribution in [1.29, 1.82) is 0 Å². The topological polar surface area (TPSA) is 108 Å². The molecule has 1 atom stereocenters. The van der Waals surface area contributed by atoms with Crippen molar-refractivity contribution in [2.45, 2.75) is 85.4 Å². The second kappa shape index (κ2) is 11.5. The van der Waals surface area contributed by atoms with Crippen molar-refractivity contribution in [3.8, 4) is 0 Å². The molecule has 0 saturated heterocycles. The minimum absolute atomic E-state index is 0.0816. The van der Waals surface area contributed by atoms with E-state index in [4.69, 9.17) is 4.43 Å². The van der Waals surface area contributed by atoms with E-state index in [-0.39, 0.29) is 18.0 Å². The Morgan fingerprint density at radius 3 is 1.50 bits per heavy atom. The normalized spacial score (nSPS) is 14.0. The first-order valence-corrected chi connectivity index (χ1v) is 15.1. The van der Waals surface area contributed by atoms with Crippen molar-refractivity contribution < 1.29 is 24.2 Å². The van der Waals surface area contributed by atoms with E-state index in [0.29, 0.717) is 0 Å². The summed E-state index contributed by atoms with van der Waals surface area (Å²) >= 11 is 0. The molecule has 38 heavy (non-hydrogen) atoms. The van der Waals surface area contributed by atoms with Crippen LogP contribution >= 0.6 is 0 Å². The molecule has 0 aliphatic carbocycles. The van der Waals surface area contributed by atoms with Crippen LogP contribution in [-0.2, 0) is 4.43 Å². The van der Waals surface area contributed by atoms with Crippen molar-refractivity contribution >= 4 is 30.9 Å². The lowest BCUT2D eigenvalue weighted by atomic mass is 9.58. The molecular weight excluding hydrogens is 496 g/mol. The molecule has 2 amide bonds. The number of carbonyl (C=O) groups is 2. The molecule has 210 valence electrons. The first-order chi connectivity index (χ1) is 17.4. The molecule has 0 aliphatic heterocycles. The Kier molecular flexibility index (Phi) is 9.49. The Bertz CT molecular complexity index is 1020. The highest BCUT2D eigenvalue weighted by atomic mass is 28.4. The second-order valence-electron chi connectivity index (χ2n) is 13.0. The highest BCUT2D eigenvalue weighted by Gasteiger charge is 2.63. The molecule has 2 aromatic rings. The molecule has 0 radical (unpaired) electrons. The summed E-state index contributed by atoms with van der Waals surface area (Å²) in [6.07, 6.45) is -2.09. The van der Waals surface area contributed by atoms with Gasteiger partial charge in [-0.3, -0.25) is 0 Å². The van der Waals surface area contributed by atoms with Crippen LogP contribution < -0.4 is 21.0 Å². The lowest BCUT2D eigenvalue weighted by Crippen LogP contribution is -2.77. The number of hydrogen-bond acceptors (Lipinski definition) is 3. The number of amides is 2. The van der Waals surface area contributed by atoms with Gasteiger partial charge >= 0.3 is 12.2 Å². The Morgan fingerprint density at radius 2 is 1.18 bits per heavy atom. The van der Waals surface area contributed by atoms with Gasteiger partial charge in [-0.2, -0.15) is 0 Å². The van der Waals surface area contributed by atoms with Crippen LogP contribution in [0.15, 0.2) is 60.7 Å². The van der Waals surface area contributed by atoms with Crippen LogP contribution in [0, 0.1) is 10.8 Å². The van der Waals surface area contributed by atoms with E-state index in [9.17, 15) is 19.8 Å². The molecule has 0 aromatic heterocycles. The maximum Gasteiger partial charge on any atom is 0.404 e. The summed E-state index contributed by atoms with van der Waals surface area (Å²) in [5, 5.41) is 26.3. The number of rotatable bonds is 9. The summed E-state index contributed by atoms with van der Waals surface area (Å²) in [5.74, 6) is 0. The van der Waals surface area contributed by atoms with Crippen molar-refractivity contribution in [3.05, 3.63) is 60.7 Å². The third-order valence-corrected chi connectivity index (χ3v) is 12.5. The van der Waals surface area contributed by atoms with E-state index in [0.717, 1.165) is 10.4 Å². The first-order valence-electron chi connectivity index (χ1n) is 13.2. The second-order valence-corrected chi connectivity index (χ2v) is 17.2. The van der Waals surface area contributed by atoms with Crippen LogP contribution in [0.4, 0.5) is 9.59 Å². The van der Waals surface area contributed by atoms with Crippen molar-refractivity contribution in [2.75, 3.05) is 6.54 Å². The van der Waals surface area contributed by atoms with Crippen LogP contribution in [0.1, 0.15) is 68.7 Å². The third kappa shape index (κ3) is 6.23. The molecule has 8 heteroatoms. The van der Waals surface area contributed by atoms with Crippen molar-refractivity contribution in [2.24, 2.45) is 10.8 Å². The number of hydrogen-bond donors (Lipinski definition) is 4. The van der Waals surface area contributed by atoms with Gasteiger partial charge in [0.05, 0.1) is 11.6 Å². The summed E-state index contributed by atoms with van der Waals surface area (Å²) in [5.41, 5.74) is -2.17. The van der Waals surface area contributed by atoms with Gasteiger partial charge in [0.25, 0.3) is 8.32 Å². The fraction of sp³-hybridized carbons (Fsp3) is 0.533. The molecule has 0 spiro atoms. The molecular formula is C30H46N2O5Si. The van der Waals surface area contributed by atoms with E-state index < -0.39 is 43.0 Å². The zero-order valence-corrected chi connectivity index (χ0v) is 25.4. The zero-order chi connectivity index (χ0) is 29.0. The fourth-order valence-electron chi connectivity index (χ4n) is 6.29. The fourth-order valence-corrected chi connectivity index (χ4v) is 11.5. The van der Waals surface area contributed by atoms with E-state index >= 15 is 0 Å². The van der Waals surface area contributed by atoms with Gasteiger partial charge in [-0.25, -0.2) is 9.59 Å². The van der Waals surface area contributed by atoms with Crippen LogP contribution in [0.5, 0.6) is 0 Å². The summed E-state index contributed by atoms with van der Waals surface area (Å²) in [4.78, 5) is 23.5. The molecule has 2 rings (SSSR count). The van der Waals surface area contributed by atoms with Gasteiger partial charge in [0.15, 0.2) is 0 Å².